The number of rotatable bonds is 4. The maximum absolute atomic E-state index is 5.38. The highest BCUT2D eigenvalue weighted by Gasteiger charge is 2.20. The van der Waals surface area contributed by atoms with Gasteiger partial charge in [0.1, 0.15) is 0 Å². The molecule has 0 aromatic heterocycles. The SMILES string of the molecule is CCON1CCCCN1OCC. The lowest BCUT2D eigenvalue weighted by atomic mass is 10.3. The molecule has 12 heavy (non-hydrogen) atoms. The number of hydrogen-bond acceptors (Lipinski definition) is 4. The molecule has 0 aliphatic carbocycles. The predicted molar refractivity (Wildman–Crippen MR) is 45.9 cm³/mol. The van der Waals surface area contributed by atoms with E-state index in [2.05, 4.69) is 0 Å². The molecule has 0 unspecified atom stereocenters. The molecule has 1 rings (SSSR count). The van der Waals surface area contributed by atoms with E-state index in [4.69, 9.17) is 9.68 Å². The average molecular weight is 174 g/mol. The van der Waals surface area contributed by atoms with Crippen LogP contribution in [0, 0.1) is 0 Å². The molecule has 1 saturated heterocycles. The quantitative estimate of drug-likeness (QED) is 0.639. The van der Waals surface area contributed by atoms with Crippen LogP contribution in [0.1, 0.15) is 26.7 Å². The molecule has 4 heteroatoms. The van der Waals surface area contributed by atoms with Crippen LogP contribution in [0.3, 0.4) is 0 Å². The molecule has 0 bridgehead atoms. The van der Waals surface area contributed by atoms with Crippen molar-refractivity contribution in [3.05, 3.63) is 0 Å². The fourth-order valence-corrected chi connectivity index (χ4v) is 1.27. The molecular formula is C8H18N2O2. The molecule has 1 fully saturated rings. The van der Waals surface area contributed by atoms with E-state index in [1.165, 1.54) is 12.8 Å². The maximum atomic E-state index is 5.38. The monoisotopic (exact) mass is 174 g/mol. The van der Waals surface area contributed by atoms with Gasteiger partial charge in [-0.05, 0) is 26.7 Å². The Bertz CT molecular complexity index is 104. The first-order valence-electron chi connectivity index (χ1n) is 4.69. The molecule has 72 valence electrons. The summed E-state index contributed by atoms with van der Waals surface area (Å²) in [6, 6.07) is 0. The van der Waals surface area contributed by atoms with Gasteiger partial charge in [0.2, 0.25) is 0 Å². The summed E-state index contributed by atoms with van der Waals surface area (Å²) in [5.74, 6) is 0. The van der Waals surface area contributed by atoms with E-state index < -0.39 is 0 Å². The standard InChI is InChI=1S/C8H18N2O2/c1-3-11-9-7-5-6-8-10(9)12-4-2/h3-8H2,1-2H3. The highest BCUT2D eigenvalue weighted by Crippen LogP contribution is 2.11. The van der Waals surface area contributed by atoms with Crippen LogP contribution in [0.25, 0.3) is 0 Å². The topological polar surface area (TPSA) is 24.9 Å². The van der Waals surface area contributed by atoms with Gasteiger partial charge < -0.3 is 0 Å². The lowest BCUT2D eigenvalue weighted by molar-refractivity contribution is -0.412. The first-order valence-corrected chi connectivity index (χ1v) is 4.69. The Hall–Kier alpha value is -0.160. The molecule has 0 radical (unpaired) electrons. The summed E-state index contributed by atoms with van der Waals surface area (Å²) in [6.45, 7) is 7.24. The van der Waals surface area contributed by atoms with Crippen molar-refractivity contribution in [2.24, 2.45) is 0 Å². The van der Waals surface area contributed by atoms with Gasteiger partial charge in [-0.2, -0.15) is 0 Å². The van der Waals surface area contributed by atoms with E-state index >= 15 is 0 Å². The first kappa shape index (κ1) is 9.92. The normalized spacial score (nSPS) is 21.5. The Morgan fingerprint density at radius 1 is 0.917 bits per heavy atom. The van der Waals surface area contributed by atoms with Crippen molar-refractivity contribution >= 4 is 0 Å². The molecular weight excluding hydrogens is 156 g/mol. The Labute approximate surface area is 73.9 Å². The van der Waals surface area contributed by atoms with E-state index in [1.54, 1.807) is 0 Å². The van der Waals surface area contributed by atoms with Crippen LogP contribution in [-0.2, 0) is 9.68 Å². The summed E-state index contributed by atoms with van der Waals surface area (Å²) < 4.78 is 0. The van der Waals surface area contributed by atoms with Gasteiger partial charge in [0.05, 0.1) is 13.2 Å². The second-order valence-corrected chi connectivity index (χ2v) is 2.69. The zero-order valence-corrected chi connectivity index (χ0v) is 7.95. The van der Waals surface area contributed by atoms with Gasteiger partial charge in [0.15, 0.2) is 0 Å². The minimum atomic E-state index is 0.698. The summed E-state index contributed by atoms with van der Waals surface area (Å²) in [5, 5.41) is 3.62. The third-order valence-corrected chi connectivity index (χ3v) is 1.75. The number of hydroxylamine groups is 2. The van der Waals surface area contributed by atoms with E-state index in [0.29, 0.717) is 13.2 Å². The van der Waals surface area contributed by atoms with Gasteiger partial charge in [-0.3, -0.25) is 9.68 Å². The van der Waals surface area contributed by atoms with Gasteiger partial charge in [-0.15, -0.1) is 0 Å². The maximum Gasteiger partial charge on any atom is 0.0674 e. The smallest absolute Gasteiger partial charge is 0.0674 e. The van der Waals surface area contributed by atoms with Gasteiger partial charge in [-0.1, -0.05) is 10.3 Å². The van der Waals surface area contributed by atoms with Crippen LogP contribution in [-0.4, -0.2) is 36.6 Å². The summed E-state index contributed by atoms with van der Waals surface area (Å²) in [6.07, 6.45) is 2.37. The molecule has 4 nitrogen and oxygen atoms in total. The summed E-state index contributed by atoms with van der Waals surface area (Å²) in [5.41, 5.74) is 0. The zero-order chi connectivity index (χ0) is 8.81. The van der Waals surface area contributed by atoms with E-state index in [1.807, 2.05) is 24.2 Å². The molecule has 0 atom stereocenters. The van der Waals surface area contributed by atoms with Crippen molar-refractivity contribution in [3.8, 4) is 0 Å². The highest BCUT2D eigenvalue weighted by atomic mass is 16.8. The van der Waals surface area contributed by atoms with E-state index in [0.717, 1.165) is 13.1 Å². The van der Waals surface area contributed by atoms with Gasteiger partial charge in [-0.25, -0.2) is 0 Å². The number of hydrogen-bond donors (Lipinski definition) is 0. The molecule has 0 aromatic carbocycles. The van der Waals surface area contributed by atoms with Crippen molar-refractivity contribution in [1.82, 2.24) is 10.3 Å². The van der Waals surface area contributed by atoms with Crippen molar-refractivity contribution < 1.29 is 9.68 Å². The Morgan fingerprint density at radius 2 is 1.33 bits per heavy atom. The van der Waals surface area contributed by atoms with Crippen molar-refractivity contribution in [3.63, 3.8) is 0 Å². The minimum absolute atomic E-state index is 0.698. The predicted octanol–water partition coefficient (Wildman–Crippen LogP) is 1.20. The van der Waals surface area contributed by atoms with Crippen LogP contribution in [0.15, 0.2) is 0 Å². The van der Waals surface area contributed by atoms with Crippen LogP contribution < -0.4 is 0 Å². The minimum Gasteiger partial charge on any atom is -0.282 e. The molecule has 0 amide bonds. The van der Waals surface area contributed by atoms with Gasteiger partial charge in [0.25, 0.3) is 0 Å². The summed E-state index contributed by atoms with van der Waals surface area (Å²) in [4.78, 5) is 10.8. The molecule has 0 spiro atoms. The molecule has 1 aliphatic rings. The largest absolute Gasteiger partial charge is 0.282 e. The average Bonchev–Trinajstić information content (AvgIpc) is 2.09. The van der Waals surface area contributed by atoms with Gasteiger partial charge in [0, 0.05) is 13.1 Å². The second-order valence-electron chi connectivity index (χ2n) is 2.69. The number of nitrogens with zero attached hydrogens (tertiary/aromatic N) is 2. The fourth-order valence-electron chi connectivity index (χ4n) is 1.27. The first-order chi connectivity index (χ1) is 5.88. The Morgan fingerprint density at radius 3 is 1.67 bits per heavy atom. The molecule has 1 aliphatic heterocycles. The summed E-state index contributed by atoms with van der Waals surface area (Å²) >= 11 is 0. The third-order valence-electron chi connectivity index (χ3n) is 1.75. The second kappa shape index (κ2) is 5.48. The Balaban J connectivity index is 2.31. The molecule has 0 aromatic rings. The van der Waals surface area contributed by atoms with Crippen LogP contribution in [0.5, 0.6) is 0 Å². The fraction of sp³-hybridized carbons (Fsp3) is 1.00. The van der Waals surface area contributed by atoms with Crippen LogP contribution in [0.4, 0.5) is 0 Å². The van der Waals surface area contributed by atoms with E-state index in [9.17, 15) is 0 Å². The molecule has 0 N–H and O–H groups in total. The van der Waals surface area contributed by atoms with Crippen LogP contribution >= 0.6 is 0 Å². The van der Waals surface area contributed by atoms with Crippen molar-refractivity contribution in [2.75, 3.05) is 26.3 Å². The third kappa shape index (κ3) is 2.71. The lowest BCUT2D eigenvalue weighted by Gasteiger charge is -2.35. The van der Waals surface area contributed by atoms with Gasteiger partial charge >= 0.3 is 0 Å². The van der Waals surface area contributed by atoms with E-state index in [-0.39, 0.29) is 0 Å². The number of hydrazine groups is 1. The van der Waals surface area contributed by atoms with Crippen molar-refractivity contribution in [2.45, 2.75) is 26.7 Å². The van der Waals surface area contributed by atoms with Crippen LogP contribution in [0.2, 0.25) is 0 Å². The highest BCUT2D eigenvalue weighted by molar-refractivity contribution is 4.52. The lowest BCUT2D eigenvalue weighted by Crippen LogP contribution is -2.46. The molecule has 0 saturated carbocycles. The Kier molecular flexibility index (Phi) is 4.53. The summed E-state index contributed by atoms with van der Waals surface area (Å²) in [7, 11) is 0. The van der Waals surface area contributed by atoms with Crippen molar-refractivity contribution in [1.29, 1.82) is 0 Å². The zero-order valence-electron chi connectivity index (χ0n) is 7.95. The molecule has 1 heterocycles.